The van der Waals surface area contributed by atoms with Gasteiger partial charge in [-0.2, -0.15) is 18.3 Å². The number of alkyl halides is 3. The summed E-state index contributed by atoms with van der Waals surface area (Å²) in [6, 6.07) is -0.263. The van der Waals surface area contributed by atoms with Crippen molar-refractivity contribution in [3.63, 3.8) is 0 Å². The van der Waals surface area contributed by atoms with Gasteiger partial charge in [0.25, 0.3) is 5.91 Å². The Morgan fingerprint density at radius 3 is 2.50 bits per heavy atom. The van der Waals surface area contributed by atoms with Crippen LogP contribution in [-0.2, 0) is 10.9 Å². The lowest BCUT2D eigenvalue weighted by molar-refractivity contribution is -0.141. The van der Waals surface area contributed by atoms with Crippen LogP contribution >= 0.6 is 0 Å². The van der Waals surface area contributed by atoms with Crippen molar-refractivity contribution in [1.29, 1.82) is 0 Å². The Labute approximate surface area is 138 Å². The second-order valence-electron chi connectivity index (χ2n) is 6.06. The van der Waals surface area contributed by atoms with Gasteiger partial charge < -0.3 is 10.1 Å². The van der Waals surface area contributed by atoms with Crippen LogP contribution in [0.5, 0.6) is 0 Å². The van der Waals surface area contributed by atoms with E-state index in [1.165, 1.54) is 11.6 Å². The van der Waals surface area contributed by atoms with E-state index >= 15 is 0 Å². The highest BCUT2D eigenvalue weighted by Crippen LogP contribution is 2.33. The quantitative estimate of drug-likeness (QED) is 0.882. The molecule has 1 fully saturated rings. The fourth-order valence-electron chi connectivity index (χ4n) is 2.73. The molecule has 24 heavy (non-hydrogen) atoms. The van der Waals surface area contributed by atoms with E-state index in [2.05, 4.69) is 15.3 Å². The summed E-state index contributed by atoms with van der Waals surface area (Å²) >= 11 is 0. The first-order chi connectivity index (χ1) is 11.2. The highest BCUT2D eigenvalue weighted by molar-refractivity contribution is 5.96. The summed E-state index contributed by atoms with van der Waals surface area (Å²) in [5.41, 5.74) is -1.29. The number of ether oxygens (including phenoxy) is 1. The van der Waals surface area contributed by atoms with E-state index in [-0.39, 0.29) is 18.3 Å². The molecule has 2 heterocycles. The third kappa shape index (κ3) is 4.27. The van der Waals surface area contributed by atoms with Gasteiger partial charge in [-0.3, -0.25) is 14.4 Å². The molecule has 1 aromatic heterocycles. The number of aromatic nitrogens is 2. The lowest BCUT2D eigenvalue weighted by Crippen LogP contribution is -2.41. The van der Waals surface area contributed by atoms with Crippen molar-refractivity contribution in [2.24, 2.45) is 0 Å². The number of hydrogen-bond donors (Lipinski definition) is 1. The van der Waals surface area contributed by atoms with Crippen LogP contribution in [0.15, 0.2) is 0 Å². The van der Waals surface area contributed by atoms with E-state index in [0.29, 0.717) is 19.8 Å². The van der Waals surface area contributed by atoms with Gasteiger partial charge in [-0.05, 0) is 20.8 Å². The fourth-order valence-corrected chi connectivity index (χ4v) is 2.73. The highest BCUT2D eigenvalue weighted by atomic mass is 19.4. The number of rotatable bonds is 5. The summed E-state index contributed by atoms with van der Waals surface area (Å²) in [6.07, 6.45) is -4.66. The Hall–Kier alpha value is -1.61. The second-order valence-corrected chi connectivity index (χ2v) is 6.06. The number of halogens is 3. The highest BCUT2D eigenvalue weighted by Gasteiger charge is 2.41. The molecule has 6 nitrogen and oxygen atoms in total. The predicted octanol–water partition coefficient (Wildman–Crippen LogP) is 1.85. The number of carbonyl (C=O) groups excluding carboxylic acids is 1. The van der Waals surface area contributed by atoms with E-state index in [9.17, 15) is 18.0 Å². The van der Waals surface area contributed by atoms with Crippen molar-refractivity contribution in [2.45, 2.75) is 33.0 Å². The van der Waals surface area contributed by atoms with E-state index in [1.807, 2.05) is 0 Å². The molecule has 136 valence electrons. The van der Waals surface area contributed by atoms with Crippen LogP contribution in [0, 0.1) is 6.92 Å². The number of nitrogens with one attached hydrogen (secondary N) is 1. The van der Waals surface area contributed by atoms with Gasteiger partial charge in [0.05, 0.1) is 18.8 Å². The van der Waals surface area contributed by atoms with E-state index < -0.39 is 23.3 Å². The van der Waals surface area contributed by atoms with Gasteiger partial charge in [-0.25, -0.2) is 0 Å². The molecule has 0 aromatic carbocycles. The lowest BCUT2D eigenvalue weighted by atomic mass is 10.1. The molecule has 9 heteroatoms. The van der Waals surface area contributed by atoms with Crippen molar-refractivity contribution >= 4 is 5.91 Å². The van der Waals surface area contributed by atoms with Crippen LogP contribution in [0.1, 0.15) is 41.6 Å². The normalized spacial score (nSPS) is 16.6. The average molecular weight is 348 g/mol. The minimum absolute atomic E-state index is 0.223. The SMILES string of the molecule is Cc1c(C(=O)NCCN2CCOCC2)c(C(F)(F)F)nn1C(C)C. The van der Waals surface area contributed by atoms with Gasteiger partial charge >= 0.3 is 6.18 Å². The number of hydrogen-bond acceptors (Lipinski definition) is 4. The maximum Gasteiger partial charge on any atom is 0.435 e. The van der Waals surface area contributed by atoms with Crippen LogP contribution in [0.4, 0.5) is 13.2 Å². The standard InChI is InChI=1S/C15H23F3N4O2/c1-10(2)22-11(3)12(13(20-22)15(16,17)18)14(23)19-4-5-21-6-8-24-9-7-21/h10H,4-9H2,1-3H3,(H,19,23). The van der Waals surface area contributed by atoms with Gasteiger partial charge in [0.2, 0.25) is 0 Å². The minimum atomic E-state index is -4.66. The van der Waals surface area contributed by atoms with Gasteiger partial charge in [0.15, 0.2) is 5.69 Å². The molecular formula is C15H23F3N4O2. The molecule has 1 N–H and O–H groups in total. The van der Waals surface area contributed by atoms with Gasteiger partial charge in [-0.1, -0.05) is 0 Å². The first-order valence-corrected chi connectivity index (χ1v) is 7.96. The Kier molecular flexibility index (Phi) is 5.87. The molecule has 0 bridgehead atoms. The molecule has 1 aliphatic rings. The van der Waals surface area contributed by atoms with Crippen LogP contribution in [0.3, 0.4) is 0 Å². The van der Waals surface area contributed by atoms with Crippen LogP contribution < -0.4 is 5.32 Å². The molecule has 0 saturated carbocycles. The summed E-state index contributed by atoms with van der Waals surface area (Å²) in [6.45, 7) is 8.57. The summed E-state index contributed by atoms with van der Waals surface area (Å²) in [5.74, 6) is -0.736. The third-order valence-corrected chi connectivity index (χ3v) is 3.95. The van der Waals surface area contributed by atoms with Crippen molar-refractivity contribution in [2.75, 3.05) is 39.4 Å². The molecule has 1 aromatic rings. The van der Waals surface area contributed by atoms with Gasteiger partial charge in [0.1, 0.15) is 0 Å². The molecule has 0 aliphatic carbocycles. The van der Waals surface area contributed by atoms with Crippen molar-refractivity contribution in [3.05, 3.63) is 17.0 Å². The Balaban J connectivity index is 2.09. The largest absolute Gasteiger partial charge is 0.435 e. The topological polar surface area (TPSA) is 59.4 Å². The van der Waals surface area contributed by atoms with Crippen LogP contribution in [-0.4, -0.2) is 60.0 Å². The third-order valence-electron chi connectivity index (χ3n) is 3.95. The zero-order valence-corrected chi connectivity index (χ0v) is 14.1. The Bertz CT molecular complexity index is 578. The molecule has 0 unspecified atom stereocenters. The first kappa shape index (κ1) is 18.7. The first-order valence-electron chi connectivity index (χ1n) is 7.96. The summed E-state index contributed by atoms with van der Waals surface area (Å²) < 4.78 is 46.1. The Morgan fingerprint density at radius 2 is 1.96 bits per heavy atom. The van der Waals surface area contributed by atoms with Crippen molar-refractivity contribution in [1.82, 2.24) is 20.0 Å². The van der Waals surface area contributed by atoms with Crippen molar-refractivity contribution < 1.29 is 22.7 Å². The molecule has 1 amide bonds. The molecule has 0 spiro atoms. The molecular weight excluding hydrogens is 325 g/mol. The summed E-state index contributed by atoms with van der Waals surface area (Å²) in [5, 5.41) is 6.18. The molecule has 1 aliphatic heterocycles. The minimum Gasteiger partial charge on any atom is -0.379 e. The fraction of sp³-hybridized carbons (Fsp3) is 0.733. The Morgan fingerprint density at radius 1 is 1.33 bits per heavy atom. The van der Waals surface area contributed by atoms with E-state index in [4.69, 9.17) is 4.74 Å². The van der Waals surface area contributed by atoms with E-state index in [1.54, 1.807) is 13.8 Å². The maximum absolute atomic E-state index is 13.2. The zero-order valence-electron chi connectivity index (χ0n) is 14.1. The smallest absolute Gasteiger partial charge is 0.379 e. The van der Waals surface area contributed by atoms with Crippen LogP contribution in [0.25, 0.3) is 0 Å². The molecule has 1 saturated heterocycles. The van der Waals surface area contributed by atoms with Gasteiger partial charge in [0, 0.05) is 37.9 Å². The molecule has 2 rings (SSSR count). The summed E-state index contributed by atoms with van der Waals surface area (Å²) in [4.78, 5) is 14.4. The molecule has 0 radical (unpaired) electrons. The maximum atomic E-state index is 13.2. The monoisotopic (exact) mass is 348 g/mol. The number of nitrogens with zero attached hydrogens (tertiary/aromatic N) is 3. The van der Waals surface area contributed by atoms with Crippen LogP contribution in [0.2, 0.25) is 0 Å². The second kappa shape index (κ2) is 7.52. The van der Waals surface area contributed by atoms with Gasteiger partial charge in [-0.15, -0.1) is 0 Å². The number of amides is 1. The predicted molar refractivity (Wildman–Crippen MR) is 81.9 cm³/mol. The zero-order chi connectivity index (χ0) is 17.9. The summed E-state index contributed by atoms with van der Waals surface area (Å²) in [7, 11) is 0. The van der Waals surface area contributed by atoms with Crippen molar-refractivity contribution in [3.8, 4) is 0 Å². The van der Waals surface area contributed by atoms with E-state index in [0.717, 1.165) is 13.1 Å². The molecule has 0 atom stereocenters. The number of morpholine rings is 1. The lowest BCUT2D eigenvalue weighted by Gasteiger charge is -2.26. The number of carbonyl (C=O) groups is 1. The average Bonchev–Trinajstić information content (AvgIpc) is 2.86.